The molecular formula is C13H25N3. The lowest BCUT2D eigenvalue weighted by Crippen LogP contribution is -2.50. The number of nitriles is 1. The van der Waals surface area contributed by atoms with Gasteiger partial charge in [-0.15, -0.1) is 0 Å². The van der Waals surface area contributed by atoms with Crippen LogP contribution in [0.2, 0.25) is 0 Å². The Bertz CT molecular complexity index is 252. The lowest BCUT2D eigenvalue weighted by molar-refractivity contribution is 0.0574. The van der Waals surface area contributed by atoms with Gasteiger partial charge in [0.15, 0.2) is 0 Å². The van der Waals surface area contributed by atoms with Gasteiger partial charge in [0.25, 0.3) is 0 Å². The van der Waals surface area contributed by atoms with Crippen molar-refractivity contribution in [2.75, 3.05) is 33.7 Å². The number of hydrogen-bond donors (Lipinski definition) is 0. The molecule has 0 bridgehead atoms. The zero-order chi connectivity index (χ0) is 12.2. The van der Waals surface area contributed by atoms with Crippen molar-refractivity contribution in [1.29, 1.82) is 5.26 Å². The standard InChI is InChI=1S/C13H25N3/c1-13(2)10-12(11-14)6-9-16(13)8-5-7-15(3)4/h12H,5-10H2,1-4H3. The van der Waals surface area contributed by atoms with E-state index in [0.29, 0.717) is 0 Å². The Labute approximate surface area is 100 Å². The van der Waals surface area contributed by atoms with Crippen LogP contribution in [0.1, 0.15) is 33.1 Å². The Kier molecular flexibility index (Phi) is 4.76. The van der Waals surface area contributed by atoms with Gasteiger partial charge in [-0.05, 0) is 66.8 Å². The number of rotatable bonds is 4. The normalized spacial score (nSPS) is 25.6. The van der Waals surface area contributed by atoms with E-state index in [4.69, 9.17) is 5.26 Å². The van der Waals surface area contributed by atoms with Gasteiger partial charge in [-0.3, -0.25) is 4.90 Å². The van der Waals surface area contributed by atoms with Crippen LogP contribution in [-0.4, -0.2) is 49.1 Å². The second-order valence-electron chi connectivity index (χ2n) is 5.78. The van der Waals surface area contributed by atoms with E-state index >= 15 is 0 Å². The summed E-state index contributed by atoms with van der Waals surface area (Å²) in [5, 5.41) is 8.98. The minimum atomic E-state index is 0.199. The minimum Gasteiger partial charge on any atom is -0.309 e. The van der Waals surface area contributed by atoms with Crippen molar-refractivity contribution in [2.24, 2.45) is 5.92 Å². The van der Waals surface area contributed by atoms with Crippen molar-refractivity contribution in [3.05, 3.63) is 0 Å². The molecule has 0 spiro atoms. The quantitative estimate of drug-likeness (QED) is 0.730. The summed E-state index contributed by atoms with van der Waals surface area (Å²) in [5.41, 5.74) is 0.199. The molecule has 1 saturated heterocycles. The fraction of sp³-hybridized carbons (Fsp3) is 0.923. The van der Waals surface area contributed by atoms with Gasteiger partial charge in [0.1, 0.15) is 0 Å². The highest BCUT2D eigenvalue weighted by Gasteiger charge is 2.34. The third-order valence-electron chi connectivity index (χ3n) is 3.57. The molecule has 1 aliphatic heterocycles. The molecule has 1 atom stereocenters. The van der Waals surface area contributed by atoms with E-state index in [1.54, 1.807) is 0 Å². The fourth-order valence-corrected chi connectivity index (χ4v) is 2.55. The van der Waals surface area contributed by atoms with Gasteiger partial charge < -0.3 is 4.90 Å². The van der Waals surface area contributed by atoms with Crippen LogP contribution < -0.4 is 0 Å². The minimum absolute atomic E-state index is 0.199. The zero-order valence-corrected chi connectivity index (χ0v) is 11.2. The summed E-state index contributed by atoms with van der Waals surface area (Å²) in [6, 6.07) is 2.42. The molecule has 1 fully saturated rings. The van der Waals surface area contributed by atoms with Crippen LogP contribution in [0.5, 0.6) is 0 Å². The van der Waals surface area contributed by atoms with Crippen LogP contribution in [0.3, 0.4) is 0 Å². The van der Waals surface area contributed by atoms with Gasteiger partial charge in [-0.25, -0.2) is 0 Å². The first kappa shape index (κ1) is 13.5. The number of piperidine rings is 1. The molecule has 0 radical (unpaired) electrons. The van der Waals surface area contributed by atoms with Crippen molar-refractivity contribution in [1.82, 2.24) is 9.80 Å². The molecule has 0 aromatic carbocycles. The van der Waals surface area contributed by atoms with E-state index < -0.39 is 0 Å². The average molecular weight is 223 g/mol. The summed E-state index contributed by atoms with van der Waals surface area (Å²) >= 11 is 0. The summed E-state index contributed by atoms with van der Waals surface area (Å²) in [7, 11) is 4.24. The predicted octanol–water partition coefficient (Wildman–Crippen LogP) is 1.95. The highest BCUT2D eigenvalue weighted by molar-refractivity contribution is 4.96. The Hall–Kier alpha value is -0.590. The van der Waals surface area contributed by atoms with E-state index in [1.165, 1.54) is 6.42 Å². The summed E-state index contributed by atoms with van der Waals surface area (Å²) in [4.78, 5) is 4.78. The largest absolute Gasteiger partial charge is 0.309 e. The van der Waals surface area contributed by atoms with Crippen molar-refractivity contribution >= 4 is 0 Å². The molecule has 3 nitrogen and oxygen atoms in total. The smallest absolute Gasteiger partial charge is 0.0657 e. The zero-order valence-electron chi connectivity index (χ0n) is 11.2. The Morgan fingerprint density at radius 1 is 1.44 bits per heavy atom. The molecule has 0 aromatic heterocycles. The van der Waals surface area contributed by atoms with Gasteiger partial charge in [-0.2, -0.15) is 5.26 Å². The fourth-order valence-electron chi connectivity index (χ4n) is 2.55. The van der Waals surface area contributed by atoms with Gasteiger partial charge >= 0.3 is 0 Å². The van der Waals surface area contributed by atoms with E-state index in [-0.39, 0.29) is 11.5 Å². The van der Waals surface area contributed by atoms with Gasteiger partial charge in [0, 0.05) is 11.5 Å². The molecular weight excluding hydrogens is 198 g/mol. The van der Waals surface area contributed by atoms with Crippen LogP contribution >= 0.6 is 0 Å². The maximum absolute atomic E-state index is 8.98. The molecule has 16 heavy (non-hydrogen) atoms. The molecule has 3 heteroatoms. The first-order valence-electron chi connectivity index (χ1n) is 6.25. The third-order valence-corrected chi connectivity index (χ3v) is 3.57. The molecule has 0 aromatic rings. The molecule has 1 unspecified atom stereocenters. The SMILES string of the molecule is CN(C)CCCN1CCC(C#N)CC1(C)C. The second-order valence-corrected chi connectivity index (χ2v) is 5.78. The number of likely N-dealkylation sites (tertiary alicyclic amines) is 1. The van der Waals surface area contributed by atoms with Gasteiger partial charge in [0.2, 0.25) is 0 Å². The van der Waals surface area contributed by atoms with Gasteiger partial charge in [0.05, 0.1) is 6.07 Å². The van der Waals surface area contributed by atoms with E-state index in [9.17, 15) is 0 Å². The average Bonchev–Trinajstić information content (AvgIpc) is 2.19. The van der Waals surface area contributed by atoms with Crippen LogP contribution in [0, 0.1) is 17.2 Å². The van der Waals surface area contributed by atoms with Crippen molar-refractivity contribution in [3.63, 3.8) is 0 Å². The summed E-state index contributed by atoms with van der Waals surface area (Å²) in [6.45, 7) is 7.93. The Morgan fingerprint density at radius 3 is 2.62 bits per heavy atom. The Balaban J connectivity index is 2.40. The summed E-state index contributed by atoms with van der Waals surface area (Å²) < 4.78 is 0. The highest BCUT2D eigenvalue weighted by atomic mass is 15.2. The lowest BCUT2D eigenvalue weighted by atomic mass is 9.83. The molecule has 0 aliphatic carbocycles. The van der Waals surface area contributed by atoms with Crippen molar-refractivity contribution in [2.45, 2.75) is 38.6 Å². The van der Waals surface area contributed by atoms with Crippen LogP contribution in [-0.2, 0) is 0 Å². The molecule has 0 N–H and O–H groups in total. The summed E-state index contributed by atoms with van der Waals surface area (Å²) in [5.74, 6) is 0.264. The Morgan fingerprint density at radius 2 is 2.12 bits per heavy atom. The lowest BCUT2D eigenvalue weighted by Gasteiger charge is -2.44. The first-order chi connectivity index (χ1) is 7.45. The molecule has 0 saturated carbocycles. The monoisotopic (exact) mass is 223 g/mol. The van der Waals surface area contributed by atoms with Crippen molar-refractivity contribution in [3.8, 4) is 6.07 Å². The molecule has 1 rings (SSSR count). The maximum atomic E-state index is 8.98. The molecule has 92 valence electrons. The highest BCUT2D eigenvalue weighted by Crippen LogP contribution is 2.30. The van der Waals surface area contributed by atoms with E-state index in [2.05, 4.69) is 43.8 Å². The third kappa shape index (κ3) is 3.77. The molecule has 1 heterocycles. The molecule has 0 amide bonds. The number of nitrogens with zero attached hydrogens (tertiary/aromatic N) is 3. The predicted molar refractivity (Wildman–Crippen MR) is 67.2 cm³/mol. The van der Waals surface area contributed by atoms with Gasteiger partial charge in [-0.1, -0.05) is 0 Å². The topological polar surface area (TPSA) is 30.3 Å². The number of hydrogen-bond acceptors (Lipinski definition) is 3. The molecule has 1 aliphatic rings. The van der Waals surface area contributed by atoms with Crippen molar-refractivity contribution < 1.29 is 0 Å². The van der Waals surface area contributed by atoms with E-state index in [0.717, 1.165) is 32.5 Å². The second kappa shape index (κ2) is 5.65. The van der Waals surface area contributed by atoms with Crippen LogP contribution in [0.25, 0.3) is 0 Å². The summed E-state index contributed by atoms with van der Waals surface area (Å²) in [6.07, 6.45) is 3.28. The van der Waals surface area contributed by atoms with E-state index in [1.807, 2.05) is 0 Å². The van der Waals surface area contributed by atoms with Crippen LogP contribution in [0.4, 0.5) is 0 Å². The maximum Gasteiger partial charge on any atom is 0.0657 e. The van der Waals surface area contributed by atoms with Crippen LogP contribution in [0.15, 0.2) is 0 Å². The first-order valence-corrected chi connectivity index (χ1v) is 6.25.